The van der Waals surface area contributed by atoms with Crippen LogP contribution in [0.4, 0.5) is 0 Å². The molecule has 1 heterocycles. The molecule has 2 N–H and O–H groups in total. The summed E-state index contributed by atoms with van der Waals surface area (Å²) in [4.78, 5) is 0. The summed E-state index contributed by atoms with van der Waals surface area (Å²) in [6.45, 7) is 5.37. The lowest BCUT2D eigenvalue weighted by Crippen LogP contribution is -2.67. The van der Waals surface area contributed by atoms with Crippen LogP contribution < -0.4 is 5.73 Å². The van der Waals surface area contributed by atoms with E-state index in [4.69, 9.17) is 10.5 Å². The molecule has 0 bridgehead atoms. The number of halogens is 1. The minimum Gasteiger partial charge on any atom is -0.377 e. The van der Waals surface area contributed by atoms with Crippen LogP contribution in [0.5, 0.6) is 0 Å². The molecule has 0 spiro atoms. The van der Waals surface area contributed by atoms with Gasteiger partial charge in [0.2, 0.25) is 0 Å². The van der Waals surface area contributed by atoms with E-state index in [1.165, 1.54) is 12.8 Å². The third kappa shape index (κ3) is 1.17. The van der Waals surface area contributed by atoms with Gasteiger partial charge in [0.05, 0.1) is 6.10 Å². The number of hydrogen-bond acceptors (Lipinski definition) is 2. The van der Waals surface area contributed by atoms with E-state index < -0.39 is 0 Å². The van der Waals surface area contributed by atoms with Gasteiger partial charge in [0.15, 0.2) is 0 Å². The van der Waals surface area contributed by atoms with Crippen molar-refractivity contribution in [3.8, 4) is 0 Å². The highest BCUT2D eigenvalue weighted by molar-refractivity contribution is 5.85. The lowest BCUT2D eigenvalue weighted by Gasteiger charge is -2.58. The quantitative estimate of drug-likeness (QED) is 0.631. The first kappa shape index (κ1) is 10.3. The second-order valence-corrected chi connectivity index (χ2v) is 4.44. The molecule has 2 rings (SSSR count). The minimum absolute atomic E-state index is 0. The second-order valence-electron chi connectivity index (χ2n) is 4.44. The van der Waals surface area contributed by atoms with Gasteiger partial charge in [-0.3, -0.25) is 0 Å². The van der Waals surface area contributed by atoms with Crippen molar-refractivity contribution in [3.05, 3.63) is 0 Å². The van der Waals surface area contributed by atoms with E-state index >= 15 is 0 Å². The summed E-state index contributed by atoms with van der Waals surface area (Å²) in [6, 6.07) is 0.368. The standard InChI is InChI=1S/C9H17NO.ClH/c1-9(2)7(10)6-4-3-5-11-8(6)9;/h6-8H,3-5,10H2,1-2H3;1H. The van der Waals surface area contributed by atoms with Gasteiger partial charge in [-0.15, -0.1) is 12.4 Å². The van der Waals surface area contributed by atoms with E-state index in [0.29, 0.717) is 18.1 Å². The lowest BCUT2D eigenvalue weighted by molar-refractivity contribution is -0.183. The Balaban J connectivity index is 0.000000720. The Bertz CT molecular complexity index is 172. The van der Waals surface area contributed by atoms with Crippen LogP contribution in [0.2, 0.25) is 0 Å². The van der Waals surface area contributed by atoms with Crippen LogP contribution in [0.25, 0.3) is 0 Å². The third-order valence-electron chi connectivity index (χ3n) is 3.42. The zero-order valence-electron chi connectivity index (χ0n) is 7.75. The molecule has 3 unspecified atom stereocenters. The summed E-state index contributed by atoms with van der Waals surface area (Å²) in [6.07, 6.45) is 2.92. The number of ether oxygens (including phenoxy) is 1. The van der Waals surface area contributed by atoms with Crippen LogP contribution in [0.1, 0.15) is 26.7 Å². The molecule has 3 heteroatoms. The third-order valence-corrected chi connectivity index (χ3v) is 3.42. The Morgan fingerprint density at radius 2 is 2.08 bits per heavy atom. The molecule has 3 atom stereocenters. The molecule has 1 saturated carbocycles. The van der Waals surface area contributed by atoms with E-state index in [2.05, 4.69) is 13.8 Å². The van der Waals surface area contributed by atoms with Crippen molar-refractivity contribution in [2.24, 2.45) is 17.1 Å². The van der Waals surface area contributed by atoms with Crippen molar-refractivity contribution in [1.29, 1.82) is 0 Å². The molecule has 1 saturated heterocycles. The summed E-state index contributed by atoms with van der Waals surface area (Å²) >= 11 is 0. The topological polar surface area (TPSA) is 35.2 Å². The molecule has 1 aliphatic heterocycles. The molecule has 1 aliphatic carbocycles. The summed E-state index contributed by atoms with van der Waals surface area (Å²) in [5.41, 5.74) is 6.26. The highest BCUT2D eigenvalue weighted by Crippen LogP contribution is 2.49. The minimum atomic E-state index is 0. The molecule has 0 radical (unpaired) electrons. The number of nitrogens with two attached hydrogens (primary N) is 1. The lowest BCUT2D eigenvalue weighted by atomic mass is 9.56. The van der Waals surface area contributed by atoms with Gasteiger partial charge in [-0.25, -0.2) is 0 Å². The normalized spacial score (nSPS) is 43.8. The van der Waals surface area contributed by atoms with Crippen LogP contribution in [0.15, 0.2) is 0 Å². The summed E-state index contributed by atoms with van der Waals surface area (Å²) in [7, 11) is 0. The largest absolute Gasteiger partial charge is 0.377 e. The van der Waals surface area contributed by atoms with E-state index in [-0.39, 0.29) is 17.8 Å². The van der Waals surface area contributed by atoms with Crippen molar-refractivity contribution in [1.82, 2.24) is 0 Å². The van der Waals surface area contributed by atoms with Crippen molar-refractivity contribution in [2.75, 3.05) is 6.61 Å². The van der Waals surface area contributed by atoms with Gasteiger partial charge in [-0.1, -0.05) is 13.8 Å². The molecule has 0 amide bonds. The Morgan fingerprint density at radius 1 is 1.42 bits per heavy atom. The van der Waals surface area contributed by atoms with E-state index in [1.807, 2.05) is 0 Å². The Hall–Kier alpha value is 0.210. The van der Waals surface area contributed by atoms with Gasteiger partial charge >= 0.3 is 0 Å². The maximum atomic E-state index is 6.03. The number of rotatable bonds is 0. The smallest absolute Gasteiger partial charge is 0.0684 e. The van der Waals surface area contributed by atoms with Crippen molar-refractivity contribution in [2.45, 2.75) is 38.8 Å². The molecule has 2 nitrogen and oxygen atoms in total. The molecule has 0 aromatic carbocycles. The molecule has 0 aromatic heterocycles. The maximum Gasteiger partial charge on any atom is 0.0684 e. The zero-order valence-corrected chi connectivity index (χ0v) is 8.56. The monoisotopic (exact) mass is 191 g/mol. The van der Waals surface area contributed by atoms with Crippen LogP contribution >= 0.6 is 12.4 Å². The van der Waals surface area contributed by atoms with E-state index in [0.717, 1.165) is 6.61 Å². The highest BCUT2D eigenvalue weighted by atomic mass is 35.5. The van der Waals surface area contributed by atoms with Crippen molar-refractivity contribution >= 4 is 12.4 Å². The maximum absolute atomic E-state index is 6.03. The summed E-state index contributed by atoms with van der Waals surface area (Å²) in [5.74, 6) is 0.652. The van der Waals surface area contributed by atoms with Gasteiger partial charge < -0.3 is 10.5 Å². The zero-order chi connectivity index (χ0) is 8.06. The van der Waals surface area contributed by atoms with Crippen LogP contribution in [0, 0.1) is 11.3 Å². The Labute approximate surface area is 80.3 Å². The van der Waals surface area contributed by atoms with Crippen LogP contribution in [-0.2, 0) is 4.74 Å². The van der Waals surface area contributed by atoms with Crippen molar-refractivity contribution in [3.63, 3.8) is 0 Å². The first-order valence-corrected chi connectivity index (χ1v) is 4.51. The summed E-state index contributed by atoms with van der Waals surface area (Å²) < 4.78 is 5.68. The fourth-order valence-electron chi connectivity index (χ4n) is 2.56. The Morgan fingerprint density at radius 3 is 2.67 bits per heavy atom. The van der Waals surface area contributed by atoms with E-state index in [9.17, 15) is 0 Å². The molecule has 0 aromatic rings. The average Bonchev–Trinajstić information content (AvgIpc) is 2.04. The fraction of sp³-hybridized carbons (Fsp3) is 1.00. The van der Waals surface area contributed by atoms with Crippen LogP contribution in [-0.4, -0.2) is 18.8 Å². The fourth-order valence-corrected chi connectivity index (χ4v) is 2.56. The first-order valence-electron chi connectivity index (χ1n) is 4.51. The molecule has 12 heavy (non-hydrogen) atoms. The first-order chi connectivity index (χ1) is 5.14. The summed E-state index contributed by atoms with van der Waals surface area (Å²) in [5, 5.41) is 0. The molecule has 72 valence electrons. The molecular formula is C9H18ClNO. The number of fused-ring (bicyclic) bond motifs is 1. The van der Waals surface area contributed by atoms with Gasteiger partial charge in [-0.05, 0) is 12.8 Å². The van der Waals surface area contributed by atoms with Crippen LogP contribution in [0.3, 0.4) is 0 Å². The van der Waals surface area contributed by atoms with Crippen molar-refractivity contribution < 1.29 is 4.74 Å². The molecule has 2 aliphatic rings. The average molecular weight is 192 g/mol. The van der Waals surface area contributed by atoms with Gasteiger partial charge in [0.1, 0.15) is 0 Å². The second kappa shape index (κ2) is 3.17. The highest BCUT2D eigenvalue weighted by Gasteiger charge is 2.55. The predicted molar refractivity (Wildman–Crippen MR) is 51.5 cm³/mol. The predicted octanol–water partition coefficient (Wildman–Crippen LogP) is 1.57. The molecule has 2 fully saturated rings. The van der Waals surface area contributed by atoms with Gasteiger partial charge in [-0.2, -0.15) is 0 Å². The molecular weight excluding hydrogens is 174 g/mol. The SMILES string of the molecule is CC1(C)C(N)C2CCCOC21.Cl. The Kier molecular flexibility index (Phi) is 2.72. The number of hydrogen-bond donors (Lipinski definition) is 1. The van der Waals surface area contributed by atoms with Gasteiger partial charge in [0.25, 0.3) is 0 Å². The van der Waals surface area contributed by atoms with Gasteiger partial charge in [0, 0.05) is 24.0 Å². The van der Waals surface area contributed by atoms with E-state index in [1.54, 1.807) is 0 Å².